The van der Waals surface area contributed by atoms with E-state index in [9.17, 15) is 29.7 Å². The van der Waals surface area contributed by atoms with Crippen LogP contribution in [0.1, 0.15) is 85.5 Å². The molecule has 302 valence electrons. The molecule has 0 bridgehead atoms. The Morgan fingerprint density at radius 2 is 1.42 bits per heavy atom. The lowest BCUT2D eigenvalue weighted by atomic mass is 9.77. The molecule has 5 N–H and O–H groups in total. The predicted octanol–water partition coefficient (Wildman–Crippen LogP) is 6.14. The number of hydrogen-bond donors (Lipinski definition) is 4. The topological polar surface area (TPSA) is 184 Å². The van der Waals surface area contributed by atoms with E-state index < -0.39 is 82.8 Å². The minimum Gasteiger partial charge on any atom is -0.507 e. The molecule has 59 heavy (non-hydrogen) atoms. The molecule has 12 heteroatoms. The van der Waals surface area contributed by atoms with Crippen molar-refractivity contribution in [2.24, 2.45) is 5.73 Å². The fourth-order valence-corrected chi connectivity index (χ4v) is 8.45. The number of phenolic OH excluding ortho intramolecular Hbond substituents is 2. The van der Waals surface area contributed by atoms with Crippen molar-refractivity contribution in [1.29, 1.82) is 0 Å². The molecule has 1 aliphatic heterocycles. The van der Waals surface area contributed by atoms with E-state index in [0.717, 1.165) is 16.7 Å². The van der Waals surface area contributed by atoms with E-state index in [1.54, 1.807) is 20.1 Å². The minimum absolute atomic E-state index is 0.0115. The number of aliphatic hydroxyl groups excluding tert-OH is 1. The van der Waals surface area contributed by atoms with Crippen LogP contribution in [0.5, 0.6) is 23.0 Å². The molecule has 0 spiro atoms. The SMILES string of the molecule is COc1ccc(C(OCC(=O)C2=Cc3c(O)c4c(c(O)c3[C@@H](OC3CC(N)C(O)C(C)O3)C2)C(=O)c2c(OC)cccc2C4=O)(c2ccccc2)c2ccccc2)cc1. The molecule has 12 nitrogen and oxygen atoms in total. The summed E-state index contributed by atoms with van der Waals surface area (Å²) in [4.78, 5) is 42.9. The Morgan fingerprint density at radius 3 is 2.03 bits per heavy atom. The number of benzene rings is 5. The molecule has 5 aromatic carbocycles. The molecule has 5 atom stereocenters. The third-order valence-corrected chi connectivity index (χ3v) is 11.4. The van der Waals surface area contributed by atoms with Gasteiger partial charge >= 0.3 is 0 Å². The van der Waals surface area contributed by atoms with Crippen LogP contribution in [0.2, 0.25) is 0 Å². The largest absolute Gasteiger partial charge is 0.507 e. The third kappa shape index (κ3) is 6.78. The second kappa shape index (κ2) is 15.9. The number of rotatable bonds is 11. The van der Waals surface area contributed by atoms with Crippen molar-refractivity contribution >= 4 is 23.4 Å². The first-order valence-electron chi connectivity index (χ1n) is 19.2. The lowest BCUT2D eigenvalue weighted by Gasteiger charge is -2.39. The summed E-state index contributed by atoms with van der Waals surface area (Å²) in [6.07, 6.45) is -2.58. The molecule has 4 unspecified atom stereocenters. The van der Waals surface area contributed by atoms with Gasteiger partial charge in [-0.2, -0.15) is 0 Å². The monoisotopic (exact) mass is 797 g/mol. The molecule has 5 aromatic rings. The molecule has 1 heterocycles. The summed E-state index contributed by atoms with van der Waals surface area (Å²) in [6, 6.07) is 30.2. The zero-order valence-electron chi connectivity index (χ0n) is 32.6. The van der Waals surface area contributed by atoms with Gasteiger partial charge in [0.25, 0.3) is 0 Å². The first-order valence-corrected chi connectivity index (χ1v) is 19.2. The lowest BCUT2D eigenvalue weighted by molar-refractivity contribution is -0.240. The maximum Gasteiger partial charge on any atom is 0.202 e. The zero-order valence-corrected chi connectivity index (χ0v) is 32.6. The lowest BCUT2D eigenvalue weighted by Crippen LogP contribution is -2.52. The number of ether oxygens (including phenoxy) is 5. The summed E-state index contributed by atoms with van der Waals surface area (Å²) < 4.78 is 30.1. The Balaban J connectivity index is 1.24. The van der Waals surface area contributed by atoms with Crippen LogP contribution >= 0.6 is 0 Å². The van der Waals surface area contributed by atoms with E-state index >= 15 is 0 Å². The van der Waals surface area contributed by atoms with Gasteiger partial charge in [-0.15, -0.1) is 0 Å². The van der Waals surface area contributed by atoms with Gasteiger partial charge in [-0.25, -0.2) is 0 Å². The molecule has 1 fully saturated rings. The molecule has 2 aliphatic carbocycles. The quantitative estimate of drug-likeness (QED) is 0.0870. The number of methoxy groups -OCH3 is 2. The van der Waals surface area contributed by atoms with E-state index in [1.165, 1.54) is 25.3 Å². The van der Waals surface area contributed by atoms with Gasteiger partial charge in [0.05, 0.1) is 49.2 Å². The number of phenols is 2. The summed E-state index contributed by atoms with van der Waals surface area (Å²) in [5, 5.41) is 34.5. The number of carbonyl (C=O) groups is 3. The molecule has 0 radical (unpaired) electrons. The highest BCUT2D eigenvalue weighted by atomic mass is 16.7. The summed E-state index contributed by atoms with van der Waals surface area (Å²) in [6.45, 7) is 1.18. The number of Topliss-reactive ketones (excluding diaryl/α,β-unsaturated/α-hetero) is 1. The molecule has 3 aliphatic rings. The number of ketones is 3. The van der Waals surface area contributed by atoms with E-state index in [4.69, 9.17) is 29.4 Å². The van der Waals surface area contributed by atoms with Gasteiger partial charge in [-0.3, -0.25) is 14.4 Å². The first-order chi connectivity index (χ1) is 28.5. The smallest absolute Gasteiger partial charge is 0.202 e. The van der Waals surface area contributed by atoms with Gasteiger partial charge in [0.2, 0.25) is 5.78 Å². The number of carbonyl (C=O) groups excluding carboxylic acids is 3. The Hall–Kier alpha value is -6.15. The summed E-state index contributed by atoms with van der Waals surface area (Å²) in [7, 11) is 2.94. The Morgan fingerprint density at radius 1 is 0.797 bits per heavy atom. The maximum absolute atomic E-state index is 14.6. The molecule has 8 rings (SSSR count). The van der Waals surface area contributed by atoms with Gasteiger partial charge in [0.1, 0.15) is 35.2 Å². The van der Waals surface area contributed by atoms with Gasteiger partial charge < -0.3 is 44.7 Å². The van der Waals surface area contributed by atoms with Crippen molar-refractivity contribution in [3.63, 3.8) is 0 Å². The van der Waals surface area contributed by atoms with Crippen LogP contribution in [0.3, 0.4) is 0 Å². The second-order valence-corrected chi connectivity index (χ2v) is 14.8. The van der Waals surface area contributed by atoms with Crippen LogP contribution in [0.4, 0.5) is 0 Å². The standard InChI is InChI=1S/C47H43NO11/c1-25-42(50)33(48)23-37(58-25)59-36-22-26(21-32-39(36)46(54)41-40(44(32)52)43(51)31-15-10-16-35(56-3)38(31)45(41)53)34(49)24-57-47(27-11-6-4-7-12-27,28-13-8-5-9-14-28)29-17-19-30(55-2)20-18-29/h4-21,25,33,36-37,42,50,52,54H,22-24,48H2,1-3H3/t25?,33?,36-,37?,42?/m0/s1. The maximum atomic E-state index is 14.6. The van der Waals surface area contributed by atoms with Crippen molar-refractivity contribution in [3.8, 4) is 23.0 Å². The Bertz CT molecular complexity index is 2410. The average molecular weight is 798 g/mol. The summed E-state index contributed by atoms with van der Waals surface area (Å²) >= 11 is 0. The van der Waals surface area contributed by atoms with Crippen molar-refractivity contribution in [2.45, 2.75) is 56.0 Å². The summed E-state index contributed by atoms with van der Waals surface area (Å²) in [5.41, 5.74) is 6.36. The second-order valence-electron chi connectivity index (χ2n) is 14.8. The van der Waals surface area contributed by atoms with Gasteiger partial charge in [0, 0.05) is 41.1 Å². The van der Waals surface area contributed by atoms with Gasteiger partial charge in [-0.05, 0) is 47.9 Å². The van der Waals surface area contributed by atoms with Crippen molar-refractivity contribution < 1.29 is 53.4 Å². The first kappa shape index (κ1) is 39.7. The van der Waals surface area contributed by atoms with E-state index in [-0.39, 0.29) is 46.4 Å². The molecule has 0 aromatic heterocycles. The van der Waals surface area contributed by atoms with Gasteiger partial charge in [0.15, 0.2) is 17.9 Å². The number of fused-ring (bicyclic) bond motifs is 3. The fourth-order valence-electron chi connectivity index (χ4n) is 8.45. The van der Waals surface area contributed by atoms with Crippen LogP contribution in [0.25, 0.3) is 6.08 Å². The highest BCUT2D eigenvalue weighted by Gasteiger charge is 2.44. The van der Waals surface area contributed by atoms with Crippen molar-refractivity contribution in [1.82, 2.24) is 0 Å². The molecular formula is C47H43NO11. The average Bonchev–Trinajstić information content (AvgIpc) is 3.26. The normalized spacial score (nSPS) is 21.2. The third-order valence-electron chi connectivity index (χ3n) is 11.4. The highest BCUT2D eigenvalue weighted by Crippen LogP contribution is 2.52. The van der Waals surface area contributed by atoms with Crippen LogP contribution in [0.15, 0.2) is 109 Å². The van der Waals surface area contributed by atoms with E-state index in [1.807, 2.05) is 84.9 Å². The molecule has 0 amide bonds. The van der Waals surface area contributed by atoms with E-state index in [0.29, 0.717) is 5.75 Å². The van der Waals surface area contributed by atoms with Crippen LogP contribution in [0, 0.1) is 0 Å². The fraction of sp³-hybridized carbons (Fsp3) is 0.255. The predicted molar refractivity (Wildman–Crippen MR) is 216 cm³/mol. The number of hydrogen-bond acceptors (Lipinski definition) is 12. The molecular weight excluding hydrogens is 755 g/mol. The van der Waals surface area contributed by atoms with Crippen molar-refractivity contribution in [2.75, 3.05) is 20.8 Å². The minimum atomic E-state index is -1.28. The van der Waals surface area contributed by atoms with Crippen molar-refractivity contribution in [3.05, 3.63) is 159 Å². The van der Waals surface area contributed by atoms with Crippen LogP contribution in [-0.2, 0) is 24.6 Å². The zero-order chi connectivity index (χ0) is 41.6. The number of aliphatic hydroxyl groups is 1. The Kier molecular flexibility index (Phi) is 10.7. The molecule has 1 saturated heterocycles. The van der Waals surface area contributed by atoms with Gasteiger partial charge in [-0.1, -0.05) is 84.9 Å². The van der Waals surface area contributed by atoms with E-state index in [2.05, 4.69) is 0 Å². The van der Waals surface area contributed by atoms with Crippen LogP contribution in [-0.4, -0.2) is 78.0 Å². The number of nitrogens with two attached hydrogens (primary N) is 1. The Labute approximate surface area is 340 Å². The highest BCUT2D eigenvalue weighted by molar-refractivity contribution is 6.31. The molecule has 0 saturated carbocycles. The number of aromatic hydroxyl groups is 2. The summed E-state index contributed by atoms with van der Waals surface area (Å²) in [5.74, 6) is -2.36. The van der Waals surface area contributed by atoms with Crippen LogP contribution < -0.4 is 15.2 Å².